The molecule has 0 bridgehead atoms. The molecule has 1 aromatic heterocycles. The first-order valence-electron chi connectivity index (χ1n) is 5.38. The summed E-state index contributed by atoms with van der Waals surface area (Å²) in [5.74, 6) is 0. The summed E-state index contributed by atoms with van der Waals surface area (Å²) >= 11 is 6.24. The third-order valence-corrected chi connectivity index (χ3v) is 2.99. The number of aromatic nitrogens is 1. The van der Waals surface area contributed by atoms with Gasteiger partial charge in [-0.05, 0) is 50.1 Å². The number of aryl methyl sites for hydroxylation is 2. The van der Waals surface area contributed by atoms with E-state index < -0.39 is 0 Å². The minimum absolute atomic E-state index is 0.655. The van der Waals surface area contributed by atoms with Gasteiger partial charge < -0.3 is 5.73 Å². The Bertz CT molecular complexity index is 535. The molecule has 1 aromatic carbocycles. The van der Waals surface area contributed by atoms with Gasteiger partial charge in [-0.2, -0.15) is 0 Å². The van der Waals surface area contributed by atoms with Gasteiger partial charge in [-0.1, -0.05) is 17.7 Å². The van der Waals surface area contributed by atoms with Crippen molar-refractivity contribution in [3.63, 3.8) is 0 Å². The fourth-order valence-corrected chi connectivity index (χ4v) is 2.27. The average molecular weight is 235 g/mol. The highest BCUT2D eigenvalue weighted by atomic mass is 35.5. The highest BCUT2D eigenvalue weighted by Gasteiger charge is 2.06. The van der Waals surface area contributed by atoms with Crippen LogP contribution in [-0.2, 0) is 6.42 Å². The normalized spacial score (nSPS) is 11.0. The van der Waals surface area contributed by atoms with Gasteiger partial charge in [0.05, 0.1) is 10.5 Å². The van der Waals surface area contributed by atoms with Crippen molar-refractivity contribution < 1.29 is 0 Å². The van der Waals surface area contributed by atoms with E-state index in [0.717, 1.165) is 33.6 Å². The van der Waals surface area contributed by atoms with Gasteiger partial charge in [0.25, 0.3) is 0 Å². The fraction of sp³-hybridized carbons (Fsp3) is 0.308. The minimum atomic E-state index is 0.655. The van der Waals surface area contributed by atoms with Crippen LogP contribution in [0.4, 0.5) is 0 Å². The Hall–Kier alpha value is -1.12. The molecule has 0 amide bonds. The van der Waals surface area contributed by atoms with Crippen LogP contribution in [0.2, 0.25) is 5.02 Å². The van der Waals surface area contributed by atoms with Crippen LogP contribution in [0.25, 0.3) is 10.9 Å². The molecule has 2 nitrogen and oxygen atoms in total. The summed E-state index contributed by atoms with van der Waals surface area (Å²) < 4.78 is 0. The van der Waals surface area contributed by atoms with Crippen LogP contribution in [0.5, 0.6) is 0 Å². The van der Waals surface area contributed by atoms with Gasteiger partial charge in [-0.3, -0.25) is 4.98 Å². The lowest BCUT2D eigenvalue weighted by atomic mass is 10.0. The zero-order chi connectivity index (χ0) is 11.7. The Morgan fingerprint density at radius 2 is 2.00 bits per heavy atom. The highest BCUT2D eigenvalue weighted by molar-refractivity contribution is 6.35. The SMILES string of the molecule is Cc1cc(Cl)c2cc(CCN)cc(C)c2n1. The maximum Gasteiger partial charge on any atom is 0.0749 e. The molecule has 16 heavy (non-hydrogen) atoms. The van der Waals surface area contributed by atoms with Gasteiger partial charge in [0.2, 0.25) is 0 Å². The van der Waals surface area contributed by atoms with Crippen LogP contribution < -0.4 is 5.73 Å². The van der Waals surface area contributed by atoms with E-state index in [9.17, 15) is 0 Å². The van der Waals surface area contributed by atoms with Crippen molar-refractivity contribution in [2.45, 2.75) is 20.3 Å². The number of halogens is 1. The van der Waals surface area contributed by atoms with E-state index in [4.69, 9.17) is 17.3 Å². The molecule has 1 heterocycles. The molecule has 0 saturated carbocycles. The molecule has 0 aliphatic carbocycles. The number of nitrogens with zero attached hydrogens (tertiary/aromatic N) is 1. The quantitative estimate of drug-likeness (QED) is 0.868. The molecule has 0 aliphatic rings. The van der Waals surface area contributed by atoms with E-state index in [2.05, 4.69) is 24.0 Å². The van der Waals surface area contributed by atoms with E-state index in [1.807, 2.05) is 13.0 Å². The average Bonchev–Trinajstić information content (AvgIpc) is 2.20. The molecule has 84 valence electrons. The molecule has 0 fully saturated rings. The summed E-state index contributed by atoms with van der Waals surface area (Å²) in [6, 6.07) is 6.12. The van der Waals surface area contributed by atoms with E-state index in [1.165, 1.54) is 5.56 Å². The summed E-state index contributed by atoms with van der Waals surface area (Å²) in [4.78, 5) is 4.52. The second-order valence-corrected chi connectivity index (χ2v) is 4.50. The number of nitrogens with two attached hydrogens (primary N) is 1. The molecule has 2 aromatic rings. The van der Waals surface area contributed by atoms with Crippen molar-refractivity contribution in [1.82, 2.24) is 4.98 Å². The van der Waals surface area contributed by atoms with E-state index >= 15 is 0 Å². The van der Waals surface area contributed by atoms with Gasteiger partial charge in [0, 0.05) is 11.1 Å². The molecule has 3 heteroatoms. The van der Waals surface area contributed by atoms with E-state index in [1.54, 1.807) is 0 Å². The van der Waals surface area contributed by atoms with Crippen LogP contribution in [0.15, 0.2) is 18.2 Å². The summed E-state index contributed by atoms with van der Waals surface area (Å²) in [5, 5.41) is 1.79. The van der Waals surface area contributed by atoms with Crippen LogP contribution in [0.1, 0.15) is 16.8 Å². The molecule has 0 unspecified atom stereocenters. The van der Waals surface area contributed by atoms with Gasteiger partial charge in [0.1, 0.15) is 0 Å². The highest BCUT2D eigenvalue weighted by Crippen LogP contribution is 2.26. The number of benzene rings is 1. The van der Waals surface area contributed by atoms with Crippen molar-refractivity contribution in [3.05, 3.63) is 40.0 Å². The van der Waals surface area contributed by atoms with E-state index in [0.29, 0.717) is 6.54 Å². The Morgan fingerprint density at radius 1 is 1.25 bits per heavy atom. The summed E-state index contributed by atoms with van der Waals surface area (Å²) in [5.41, 5.74) is 9.89. The smallest absolute Gasteiger partial charge is 0.0749 e. The number of rotatable bonds is 2. The number of pyridine rings is 1. The maximum absolute atomic E-state index is 6.24. The first kappa shape index (κ1) is 11.4. The third-order valence-electron chi connectivity index (χ3n) is 2.67. The van der Waals surface area contributed by atoms with Gasteiger partial charge in [0.15, 0.2) is 0 Å². The number of fused-ring (bicyclic) bond motifs is 1. The monoisotopic (exact) mass is 234 g/mol. The largest absolute Gasteiger partial charge is 0.330 e. The number of hydrogen-bond acceptors (Lipinski definition) is 2. The fourth-order valence-electron chi connectivity index (χ4n) is 1.97. The molecule has 2 rings (SSSR count). The zero-order valence-electron chi connectivity index (χ0n) is 9.55. The molecule has 0 atom stereocenters. The Balaban J connectivity index is 2.71. The van der Waals surface area contributed by atoms with Crippen molar-refractivity contribution in [2.75, 3.05) is 6.54 Å². The Kier molecular flexibility index (Phi) is 3.13. The molecule has 0 radical (unpaired) electrons. The molecule has 0 spiro atoms. The van der Waals surface area contributed by atoms with Crippen molar-refractivity contribution in [3.8, 4) is 0 Å². The molecule has 2 N–H and O–H groups in total. The van der Waals surface area contributed by atoms with Crippen LogP contribution in [-0.4, -0.2) is 11.5 Å². The Labute approximate surface area is 100 Å². The predicted molar refractivity (Wildman–Crippen MR) is 69.0 cm³/mol. The lowest BCUT2D eigenvalue weighted by molar-refractivity contribution is 0.968. The topological polar surface area (TPSA) is 38.9 Å². The van der Waals surface area contributed by atoms with Crippen molar-refractivity contribution in [2.24, 2.45) is 5.73 Å². The third kappa shape index (κ3) is 2.04. The van der Waals surface area contributed by atoms with Crippen LogP contribution >= 0.6 is 11.6 Å². The first-order valence-corrected chi connectivity index (χ1v) is 5.76. The molecule has 0 aliphatic heterocycles. The van der Waals surface area contributed by atoms with Crippen LogP contribution in [0.3, 0.4) is 0 Å². The lowest BCUT2D eigenvalue weighted by Crippen LogP contribution is -2.03. The number of hydrogen-bond donors (Lipinski definition) is 1. The molecular formula is C13H15ClN2. The molecule has 0 saturated heterocycles. The van der Waals surface area contributed by atoms with Gasteiger partial charge in [-0.15, -0.1) is 0 Å². The molecular weight excluding hydrogens is 220 g/mol. The summed E-state index contributed by atoms with van der Waals surface area (Å²) in [6.45, 7) is 4.67. The lowest BCUT2D eigenvalue weighted by Gasteiger charge is -2.08. The predicted octanol–water partition coefficient (Wildman–Crippen LogP) is 3.01. The van der Waals surface area contributed by atoms with E-state index in [-0.39, 0.29) is 0 Å². The first-order chi connectivity index (χ1) is 7.61. The summed E-state index contributed by atoms with van der Waals surface area (Å²) in [6.07, 6.45) is 0.876. The van der Waals surface area contributed by atoms with Crippen molar-refractivity contribution >= 4 is 22.5 Å². The standard InChI is InChI=1S/C13H15ClN2/c1-8-5-10(3-4-15)7-11-12(14)6-9(2)16-13(8)11/h5-7H,3-4,15H2,1-2H3. The van der Waals surface area contributed by atoms with Gasteiger partial charge >= 0.3 is 0 Å². The Morgan fingerprint density at radius 3 is 2.69 bits per heavy atom. The maximum atomic E-state index is 6.24. The minimum Gasteiger partial charge on any atom is -0.330 e. The second kappa shape index (κ2) is 4.40. The van der Waals surface area contributed by atoms with Crippen molar-refractivity contribution in [1.29, 1.82) is 0 Å². The van der Waals surface area contributed by atoms with Gasteiger partial charge in [-0.25, -0.2) is 0 Å². The summed E-state index contributed by atoms with van der Waals surface area (Å²) in [7, 11) is 0. The zero-order valence-corrected chi connectivity index (χ0v) is 10.3. The second-order valence-electron chi connectivity index (χ2n) is 4.09. The van der Waals surface area contributed by atoms with Crippen LogP contribution in [0, 0.1) is 13.8 Å².